The van der Waals surface area contributed by atoms with E-state index in [1.165, 1.54) is 0 Å². The van der Waals surface area contributed by atoms with Gasteiger partial charge in [-0.25, -0.2) is 4.98 Å². The standard InChI is InChI=1S/C22H27N3O4S/c1-4-30-20-6-5-17(14-23-20)24-21(26)15-7-9-25(10-8-15)22(27)16-11-18(28-2)13-19(12-16)29-3/h5-6,11-15H,4,7-10H2,1-3H3,(H,24,26). The number of carbonyl (C=O) groups is 2. The van der Waals surface area contributed by atoms with Crippen molar-refractivity contribution in [3.05, 3.63) is 42.1 Å². The molecule has 1 saturated heterocycles. The van der Waals surface area contributed by atoms with Crippen molar-refractivity contribution in [2.75, 3.05) is 38.4 Å². The number of anilines is 1. The molecule has 3 rings (SSSR count). The lowest BCUT2D eigenvalue weighted by atomic mass is 9.95. The zero-order valence-electron chi connectivity index (χ0n) is 17.5. The van der Waals surface area contributed by atoms with Crippen molar-refractivity contribution in [3.8, 4) is 11.5 Å². The number of amides is 2. The first-order valence-corrected chi connectivity index (χ1v) is 10.9. The van der Waals surface area contributed by atoms with Crippen LogP contribution in [0.2, 0.25) is 0 Å². The third kappa shape index (κ3) is 5.44. The molecule has 0 saturated carbocycles. The molecule has 8 heteroatoms. The lowest BCUT2D eigenvalue weighted by molar-refractivity contribution is -0.121. The van der Waals surface area contributed by atoms with Gasteiger partial charge >= 0.3 is 0 Å². The monoisotopic (exact) mass is 429 g/mol. The molecular weight excluding hydrogens is 402 g/mol. The van der Waals surface area contributed by atoms with E-state index in [1.54, 1.807) is 55.3 Å². The van der Waals surface area contributed by atoms with E-state index < -0.39 is 0 Å². The number of hydrogen-bond acceptors (Lipinski definition) is 6. The molecule has 7 nitrogen and oxygen atoms in total. The van der Waals surface area contributed by atoms with Crippen LogP contribution in [0.4, 0.5) is 5.69 Å². The normalized spacial score (nSPS) is 14.3. The van der Waals surface area contributed by atoms with Gasteiger partial charge in [0.2, 0.25) is 5.91 Å². The van der Waals surface area contributed by atoms with Crippen molar-refractivity contribution in [2.45, 2.75) is 24.8 Å². The first-order chi connectivity index (χ1) is 14.5. The second-order valence-corrected chi connectivity index (χ2v) is 8.26. The van der Waals surface area contributed by atoms with E-state index in [4.69, 9.17) is 9.47 Å². The molecule has 1 aliphatic heterocycles. The van der Waals surface area contributed by atoms with Gasteiger partial charge in [-0.05, 0) is 42.9 Å². The number of carbonyl (C=O) groups excluding carboxylic acids is 2. The molecule has 2 aromatic rings. The van der Waals surface area contributed by atoms with Gasteiger partial charge < -0.3 is 19.7 Å². The summed E-state index contributed by atoms with van der Waals surface area (Å²) in [6.45, 7) is 3.13. The second kappa shape index (κ2) is 10.3. The number of likely N-dealkylation sites (tertiary alicyclic amines) is 1. The zero-order chi connectivity index (χ0) is 21.5. The van der Waals surface area contributed by atoms with E-state index in [2.05, 4.69) is 17.2 Å². The number of aromatic nitrogens is 1. The molecule has 1 aromatic carbocycles. The van der Waals surface area contributed by atoms with Crippen molar-refractivity contribution in [2.24, 2.45) is 5.92 Å². The summed E-state index contributed by atoms with van der Waals surface area (Å²) >= 11 is 1.66. The number of rotatable bonds is 7. The van der Waals surface area contributed by atoms with Crippen LogP contribution in [0.1, 0.15) is 30.1 Å². The fraction of sp³-hybridized carbons (Fsp3) is 0.409. The van der Waals surface area contributed by atoms with Crippen LogP contribution in [0.3, 0.4) is 0 Å². The number of nitrogens with zero attached hydrogens (tertiary/aromatic N) is 2. The van der Waals surface area contributed by atoms with Crippen molar-refractivity contribution in [1.29, 1.82) is 0 Å². The number of pyridine rings is 1. The molecule has 1 N–H and O–H groups in total. The molecule has 0 unspecified atom stereocenters. The van der Waals surface area contributed by atoms with Crippen LogP contribution in [0, 0.1) is 5.92 Å². The van der Waals surface area contributed by atoms with E-state index >= 15 is 0 Å². The number of hydrogen-bond donors (Lipinski definition) is 1. The molecule has 2 heterocycles. The van der Waals surface area contributed by atoms with E-state index in [-0.39, 0.29) is 17.7 Å². The third-order valence-corrected chi connectivity index (χ3v) is 5.87. The number of thioether (sulfide) groups is 1. The van der Waals surface area contributed by atoms with Crippen LogP contribution >= 0.6 is 11.8 Å². The Balaban J connectivity index is 1.56. The maximum absolute atomic E-state index is 12.9. The highest BCUT2D eigenvalue weighted by molar-refractivity contribution is 7.99. The Bertz CT molecular complexity index is 858. The average molecular weight is 430 g/mol. The fourth-order valence-corrected chi connectivity index (χ4v) is 3.98. The Morgan fingerprint density at radius 1 is 1.13 bits per heavy atom. The minimum atomic E-state index is -0.126. The van der Waals surface area contributed by atoms with E-state index in [0.29, 0.717) is 48.7 Å². The fourth-order valence-electron chi connectivity index (χ4n) is 3.39. The van der Waals surface area contributed by atoms with Gasteiger partial charge in [0.25, 0.3) is 5.91 Å². The lowest BCUT2D eigenvalue weighted by Crippen LogP contribution is -2.41. The highest BCUT2D eigenvalue weighted by Gasteiger charge is 2.28. The van der Waals surface area contributed by atoms with Gasteiger partial charge in [-0.15, -0.1) is 11.8 Å². The van der Waals surface area contributed by atoms with Gasteiger partial charge in [0.15, 0.2) is 0 Å². The average Bonchev–Trinajstić information content (AvgIpc) is 2.79. The molecular formula is C22H27N3O4S. The highest BCUT2D eigenvalue weighted by Crippen LogP contribution is 2.26. The van der Waals surface area contributed by atoms with Gasteiger partial charge in [0.05, 0.1) is 31.1 Å². The largest absolute Gasteiger partial charge is 0.497 e. The van der Waals surface area contributed by atoms with Crippen molar-refractivity contribution < 1.29 is 19.1 Å². The Morgan fingerprint density at radius 2 is 1.80 bits per heavy atom. The topological polar surface area (TPSA) is 80.8 Å². The van der Waals surface area contributed by atoms with E-state index in [9.17, 15) is 9.59 Å². The number of piperidine rings is 1. The lowest BCUT2D eigenvalue weighted by Gasteiger charge is -2.31. The molecule has 1 aromatic heterocycles. The van der Waals surface area contributed by atoms with Crippen LogP contribution in [-0.2, 0) is 4.79 Å². The summed E-state index contributed by atoms with van der Waals surface area (Å²) in [7, 11) is 3.11. The number of benzene rings is 1. The molecule has 30 heavy (non-hydrogen) atoms. The molecule has 2 amide bonds. The maximum Gasteiger partial charge on any atom is 0.254 e. The third-order valence-electron chi connectivity index (χ3n) is 5.05. The molecule has 0 aliphatic carbocycles. The number of methoxy groups -OCH3 is 2. The quantitative estimate of drug-likeness (QED) is 0.676. The predicted octanol–water partition coefficient (Wildman–Crippen LogP) is 3.70. The van der Waals surface area contributed by atoms with Crippen molar-refractivity contribution in [3.63, 3.8) is 0 Å². The molecule has 0 radical (unpaired) electrons. The smallest absolute Gasteiger partial charge is 0.254 e. The van der Waals surface area contributed by atoms with Crippen molar-refractivity contribution >= 4 is 29.3 Å². The summed E-state index contributed by atoms with van der Waals surface area (Å²) in [5, 5.41) is 3.88. The minimum Gasteiger partial charge on any atom is -0.497 e. The molecule has 0 atom stereocenters. The van der Waals surface area contributed by atoms with E-state index in [0.717, 1.165) is 10.8 Å². The zero-order valence-corrected chi connectivity index (χ0v) is 18.3. The number of nitrogens with one attached hydrogen (secondary N) is 1. The van der Waals surface area contributed by atoms with Gasteiger partial charge in [-0.3, -0.25) is 9.59 Å². The molecule has 160 valence electrons. The van der Waals surface area contributed by atoms with Crippen LogP contribution in [0.25, 0.3) is 0 Å². The summed E-state index contributed by atoms with van der Waals surface area (Å²) in [6.07, 6.45) is 2.93. The predicted molar refractivity (Wildman–Crippen MR) is 117 cm³/mol. The summed E-state index contributed by atoms with van der Waals surface area (Å²) in [5.41, 5.74) is 1.22. The Morgan fingerprint density at radius 3 is 2.33 bits per heavy atom. The van der Waals surface area contributed by atoms with Crippen LogP contribution in [0.15, 0.2) is 41.6 Å². The summed E-state index contributed by atoms with van der Waals surface area (Å²) < 4.78 is 10.5. The SMILES string of the molecule is CCSc1ccc(NC(=O)C2CCN(C(=O)c3cc(OC)cc(OC)c3)CC2)cn1. The highest BCUT2D eigenvalue weighted by atomic mass is 32.2. The van der Waals surface area contributed by atoms with Gasteiger partial charge in [0.1, 0.15) is 11.5 Å². The first-order valence-electron chi connectivity index (χ1n) is 9.96. The van der Waals surface area contributed by atoms with Crippen LogP contribution in [-0.4, -0.2) is 54.8 Å². The Kier molecular flexibility index (Phi) is 7.57. The first kappa shape index (κ1) is 22.0. The molecule has 1 aliphatic rings. The van der Waals surface area contributed by atoms with Crippen LogP contribution < -0.4 is 14.8 Å². The summed E-state index contributed by atoms with van der Waals surface area (Å²) in [5.74, 6) is 1.87. The van der Waals surface area contributed by atoms with Gasteiger partial charge in [-0.2, -0.15) is 0 Å². The second-order valence-electron chi connectivity index (χ2n) is 6.98. The minimum absolute atomic E-state index is 0.0251. The molecule has 0 spiro atoms. The van der Waals surface area contributed by atoms with Crippen molar-refractivity contribution in [1.82, 2.24) is 9.88 Å². The van der Waals surface area contributed by atoms with Gasteiger partial charge in [-0.1, -0.05) is 6.92 Å². The van der Waals surface area contributed by atoms with E-state index in [1.807, 2.05) is 12.1 Å². The Labute approximate surface area is 181 Å². The molecule has 0 bridgehead atoms. The Hall–Kier alpha value is -2.74. The summed E-state index contributed by atoms with van der Waals surface area (Å²) in [4.78, 5) is 31.6. The maximum atomic E-state index is 12.9. The van der Waals surface area contributed by atoms with Crippen LogP contribution in [0.5, 0.6) is 11.5 Å². The van der Waals surface area contributed by atoms with Gasteiger partial charge in [0, 0.05) is 30.6 Å². The number of ether oxygens (including phenoxy) is 2. The molecule has 1 fully saturated rings. The summed E-state index contributed by atoms with van der Waals surface area (Å²) in [6, 6.07) is 8.93.